The van der Waals surface area contributed by atoms with E-state index >= 15 is 0 Å². The SMILES string of the molecule is CCC(Sc1ccc2nnc(-c3ccc(I)s3)n2n1)C(=O)N1CCCCC1. The van der Waals surface area contributed by atoms with Crippen LogP contribution in [0.15, 0.2) is 29.3 Å². The molecule has 3 aromatic heterocycles. The molecule has 9 heteroatoms. The second-order valence-corrected chi connectivity index (χ2v) is 10.7. The minimum atomic E-state index is -0.101. The van der Waals surface area contributed by atoms with Crippen LogP contribution >= 0.6 is 45.7 Å². The van der Waals surface area contributed by atoms with E-state index in [9.17, 15) is 4.79 Å². The summed E-state index contributed by atoms with van der Waals surface area (Å²) in [4.78, 5) is 15.9. The standard InChI is InChI=1S/C18H20IN5OS2/c1-2-12(18(25)23-10-4-3-5-11-23)27-16-9-8-15-20-21-17(24(15)22-16)13-6-7-14(19)26-13/h6-9,12H,2-5,10-11H2,1H3. The van der Waals surface area contributed by atoms with Crippen LogP contribution in [0.25, 0.3) is 16.3 Å². The molecule has 1 atom stereocenters. The number of fused-ring (bicyclic) bond motifs is 1. The van der Waals surface area contributed by atoms with Crippen molar-refractivity contribution in [3.8, 4) is 10.7 Å². The van der Waals surface area contributed by atoms with Gasteiger partial charge in [0.15, 0.2) is 11.5 Å². The molecule has 4 heterocycles. The number of amides is 1. The zero-order chi connectivity index (χ0) is 18.8. The van der Waals surface area contributed by atoms with Crippen LogP contribution < -0.4 is 0 Å². The summed E-state index contributed by atoms with van der Waals surface area (Å²) >= 11 is 5.50. The number of thiophene rings is 1. The van der Waals surface area contributed by atoms with Gasteiger partial charge in [-0.3, -0.25) is 4.79 Å². The molecular formula is C18H20IN5OS2. The van der Waals surface area contributed by atoms with E-state index in [-0.39, 0.29) is 11.2 Å². The van der Waals surface area contributed by atoms with Crippen molar-refractivity contribution in [3.05, 3.63) is 27.1 Å². The molecule has 1 fully saturated rings. The van der Waals surface area contributed by atoms with Gasteiger partial charge >= 0.3 is 0 Å². The summed E-state index contributed by atoms with van der Waals surface area (Å²) in [6, 6.07) is 7.95. The van der Waals surface area contributed by atoms with Crippen LogP contribution in [0.5, 0.6) is 0 Å². The highest BCUT2D eigenvalue weighted by molar-refractivity contribution is 14.1. The minimum absolute atomic E-state index is 0.101. The minimum Gasteiger partial charge on any atom is -0.342 e. The fourth-order valence-electron chi connectivity index (χ4n) is 3.20. The number of halogens is 1. The number of nitrogens with zero attached hydrogens (tertiary/aromatic N) is 5. The fraction of sp³-hybridized carbons (Fsp3) is 0.444. The summed E-state index contributed by atoms with van der Waals surface area (Å²) in [6.45, 7) is 3.83. The quantitative estimate of drug-likeness (QED) is 0.375. The molecule has 0 saturated carbocycles. The Bertz CT molecular complexity index is 950. The number of hydrogen-bond acceptors (Lipinski definition) is 6. The first-order chi connectivity index (χ1) is 13.2. The Balaban J connectivity index is 1.58. The predicted octanol–water partition coefficient (Wildman–Crippen LogP) is 4.34. The number of carbonyl (C=O) groups excluding carboxylic acids is 1. The van der Waals surface area contributed by atoms with E-state index in [1.807, 2.05) is 23.1 Å². The summed E-state index contributed by atoms with van der Waals surface area (Å²) < 4.78 is 2.98. The first-order valence-corrected chi connectivity index (χ1v) is 11.9. The average molecular weight is 513 g/mol. The summed E-state index contributed by atoms with van der Waals surface area (Å²) in [5.41, 5.74) is 0.716. The average Bonchev–Trinajstić information content (AvgIpc) is 3.31. The molecule has 1 unspecified atom stereocenters. The van der Waals surface area contributed by atoms with Crippen molar-refractivity contribution in [2.24, 2.45) is 0 Å². The maximum absolute atomic E-state index is 12.9. The summed E-state index contributed by atoms with van der Waals surface area (Å²) in [5.74, 6) is 0.983. The zero-order valence-corrected chi connectivity index (χ0v) is 18.8. The van der Waals surface area contributed by atoms with E-state index < -0.39 is 0 Å². The number of hydrogen-bond donors (Lipinski definition) is 0. The first kappa shape index (κ1) is 19.1. The number of piperidine rings is 1. The molecular weight excluding hydrogens is 493 g/mol. The Labute approximate surface area is 179 Å². The first-order valence-electron chi connectivity index (χ1n) is 9.09. The number of aromatic nitrogens is 4. The van der Waals surface area contributed by atoms with Gasteiger partial charge < -0.3 is 4.90 Å². The molecule has 1 saturated heterocycles. The molecule has 6 nitrogen and oxygen atoms in total. The van der Waals surface area contributed by atoms with Crippen molar-refractivity contribution in [2.45, 2.75) is 42.9 Å². The van der Waals surface area contributed by atoms with E-state index in [0.29, 0.717) is 5.65 Å². The summed E-state index contributed by atoms with van der Waals surface area (Å²) in [5, 5.41) is 14.0. The molecule has 0 aliphatic carbocycles. The van der Waals surface area contributed by atoms with Crippen molar-refractivity contribution in [1.82, 2.24) is 24.7 Å². The fourth-order valence-corrected chi connectivity index (χ4v) is 5.77. The van der Waals surface area contributed by atoms with Gasteiger partial charge in [-0.2, -0.15) is 9.61 Å². The largest absolute Gasteiger partial charge is 0.342 e. The molecule has 0 bridgehead atoms. The maximum atomic E-state index is 12.9. The third-order valence-electron chi connectivity index (χ3n) is 4.61. The van der Waals surface area contributed by atoms with Crippen LogP contribution in [0.3, 0.4) is 0 Å². The second-order valence-electron chi connectivity index (χ2n) is 6.47. The molecule has 3 aromatic rings. The van der Waals surface area contributed by atoms with E-state index in [2.05, 4.69) is 45.8 Å². The van der Waals surface area contributed by atoms with Crippen molar-refractivity contribution in [2.75, 3.05) is 13.1 Å². The van der Waals surface area contributed by atoms with Gasteiger partial charge in [-0.25, -0.2) is 0 Å². The van der Waals surface area contributed by atoms with Gasteiger partial charge in [0.25, 0.3) is 0 Å². The van der Waals surface area contributed by atoms with Gasteiger partial charge in [0, 0.05) is 13.1 Å². The van der Waals surface area contributed by atoms with Crippen molar-refractivity contribution in [1.29, 1.82) is 0 Å². The monoisotopic (exact) mass is 513 g/mol. The Kier molecular flexibility index (Phi) is 5.98. The summed E-state index contributed by atoms with van der Waals surface area (Å²) in [6.07, 6.45) is 4.24. The Morgan fingerprint density at radius 3 is 2.74 bits per heavy atom. The molecule has 0 spiro atoms. The van der Waals surface area contributed by atoms with Gasteiger partial charge in [-0.1, -0.05) is 18.7 Å². The Morgan fingerprint density at radius 2 is 2.04 bits per heavy atom. The molecule has 142 valence electrons. The maximum Gasteiger partial charge on any atom is 0.236 e. The highest BCUT2D eigenvalue weighted by atomic mass is 127. The molecule has 0 aromatic carbocycles. The predicted molar refractivity (Wildman–Crippen MR) is 117 cm³/mol. The van der Waals surface area contributed by atoms with E-state index in [1.165, 1.54) is 9.30 Å². The second kappa shape index (κ2) is 8.44. The lowest BCUT2D eigenvalue weighted by molar-refractivity contribution is -0.131. The lowest BCUT2D eigenvalue weighted by Gasteiger charge is -2.29. The molecule has 1 amide bonds. The smallest absolute Gasteiger partial charge is 0.236 e. The molecule has 4 rings (SSSR count). The molecule has 27 heavy (non-hydrogen) atoms. The van der Waals surface area contributed by atoms with Crippen LogP contribution in [-0.2, 0) is 4.79 Å². The Hall–Kier alpha value is -1.20. The van der Waals surface area contributed by atoms with E-state index in [4.69, 9.17) is 5.10 Å². The lowest BCUT2D eigenvalue weighted by Crippen LogP contribution is -2.40. The van der Waals surface area contributed by atoms with Gasteiger partial charge in [-0.15, -0.1) is 21.5 Å². The van der Waals surface area contributed by atoms with Gasteiger partial charge in [0.2, 0.25) is 5.91 Å². The molecule has 0 radical (unpaired) electrons. The third-order valence-corrected chi connectivity index (χ3v) is 7.78. The normalized spacial score (nSPS) is 16.0. The number of rotatable bonds is 5. The lowest BCUT2D eigenvalue weighted by atomic mass is 10.1. The van der Waals surface area contributed by atoms with Crippen molar-refractivity contribution < 1.29 is 4.79 Å². The van der Waals surface area contributed by atoms with Crippen LogP contribution in [0.2, 0.25) is 0 Å². The van der Waals surface area contributed by atoms with Crippen LogP contribution in [0.1, 0.15) is 32.6 Å². The van der Waals surface area contributed by atoms with Crippen molar-refractivity contribution >= 4 is 57.2 Å². The van der Waals surface area contributed by atoms with Gasteiger partial charge in [-0.05, 0) is 72.5 Å². The van der Waals surface area contributed by atoms with Crippen LogP contribution in [0, 0.1) is 2.88 Å². The number of thioether (sulfide) groups is 1. The van der Waals surface area contributed by atoms with Gasteiger partial charge in [0.1, 0.15) is 5.03 Å². The van der Waals surface area contributed by atoms with Crippen LogP contribution in [0.4, 0.5) is 0 Å². The topological polar surface area (TPSA) is 63.4 Å². The van der Waals surface area contributed by atoms with Gasteiger partial charge in [0.05, 0.1) is 13.0 Å². The highest BCUT2D eigenvalue weighted by Crippen LogP contribution is 2.30. The van der Waals surface area contributed by atoms with E-state index in [0.717, 1.165) is 48.1 Å². The molecule has 1 aliphatic rings. The Morgan fingerprint density at radius 1 is 1.22 bits per heavy atom. The zero-order valence-electron chi connectivity index (χ0n) is 15.0. The van der Waals surface area contributed by atoms with Crippen LogP contribution in [-0.4, -0.2) is 49.0 Å². The number of likely N-dealkylation sites (tertiary alicyclic amines) is 1. The highest BCUT2D eigenvalue weighted by Gasteiger charge is 2.26. The third kappa shape index (κ3) is 4.14. The van der Waals surface area contributed by atoms with E-state index in [1.54, 1.807) is 27.6 Å². The molecule has 1 aliphatic heterocycles. The summed E-state index contributed by atoms with van der Waals surface area (Å²) in [7, 11) is 0. The molecule has 0 N–H and O–H groups in total. The number of carbonyl (C=O) groups is 1. The van der Waals surface area contributed by atoms with Crippen molar-refractivity contribution in [3.63, 3.8) is 0 Å².